The highest BCUT2D eigenvalue weighted by Gasteiger charge is 2.09. The van der Waals surface area contributed by atoms with Gasteiger partial charge in [-0.15, -0.1) is 0 Å². The zero-order valence-corrected chi connectivity index (χ0v) is 14.0. The number of aromatic nitrogens is 2. The van der Waals surface area contributed by atoms with E-state index in [2.05, 4.69) is 4.98 Å². The van der Waals surface area contributed by atoms with Crippen LogP contribution in [0.3, 0.4) is 0 Å². The van der Waals surface area contributed by atoms with Gasteiger partial charge in [0.15, 0.2) is 0 Å². The number of benzene rings is 2. The van der Waals surface area contributed by atoms with E-state index in [9.17, 15) is 14.4 Å². The van der Waals surface area contributed by atoms with Crippen LogP contribution < -0.4 is 11.2 Å². The molecule has 0 aliphatic heterocycles. The van der Waals surface area contributed by atoms with Crippen LogP contribution in [0.5, 0.6) is 0 Å². The molecule has 0 aliphatic carbocycles. The maximum atomic E-state index is 12.4. The van der Waals surface area contributed by atoms with E-state index in [1.54, 1.807) is 42.5 Å². The van der Waals surface area contributed by atoms with Crippen molar-refractivity contribution in [2.45, 2.75) is 13.0 Å². The highest BCUT2D eigenvalue weighted by Crippen LogP contribution is 2.11. The van der Waals surface area contributed by atoms with Crippen LogP contribution in [0.15, 0.2) is 58.1 Å². The van der Waals surface area contributed by atoms with Crippen LogP contribution in [0.2, 0.25) is 5.02 Å². The molecule has 6 nitrogen and oxygen atoms in total. The summed E-state index contributed by atoms with van der Waals surface area (Å²) >= 11 is 5.83. The van der Waals surface area contributed by atoms with Gasteiger partial charge in [-0.25, -0.2) is 9.59 Å². The van der Waals surface area contributed by atoms with Gasteiger partial charge in [0.2, 0.25) is 0 Å². The molecule has 1 N–H and O–H groups in total. The highest BCUT2D eigenvalue weighted by atomic mass is 35.5. The van der Waals surface area contributed by atoms with Gasteiger partial charge in [-0.3, -0.25) is 9.36 Å². The molecule has 0 spiro atoms. The third kappa shape index (κ3) is 3.80. The van der Waals surface area contributed by atoms with E-state index in [-0.39, 0.29) is 18.7 Å². The second-order valence-electron chi connectivity index (χ2n) is 5.43. The third-order valence-corrected chi connectivity index (χ3v) is 3.94. The minimum Gasteiger partial charge on any atom is -0.462 e. The molecule has 0 fully saturated rings. The van der Waals surface area contributed by atoms with Crippen molar-refractivity contribution < 1.29 is 9.53 Å². The van der Waals surface area contributed by atoms with E-state index in [1.165, 1.54) is 6.07 Å². The predicted molar refractivity (Wildman–Crippen MR) is 95.2 cm³/mol. The first-order valence-corrected chi connectivity index (χ1v) is 8.08. The largest absolute Gasteiger partial charge is 0.462 e. The number of esters is 1. The summed E-state index contributed by atoms with van der Waals surface area (Å²) < 4.78 is 6.25. The van der Waals surface area contributed by atoms with Crippen LogP contribution in [0.4, 0.5) is 0 Å². The fourth-order valence-corrected chi connectivity index (χ4v) is 2.68. The molecule has 1 aromatic heterocycles. The van der Waals surface area contributed by atoms with Gasteiger partial charge in [-0.1, -0.05) is 29.8 Å². The molecule has 0 bridgehead atoms. The molecule has 0 atom stereocenters. The van der Waals surface area contributed by atoms with Gasteiger partial charge < -0.3 is 9.72 Å². The maximum absolute atomic E-state index is 12.4. The van der Waals surface area contributed by atoms with Crippen molar-refractivity contribution in [3.8, 4) is 0 Å². The Bertz CT molecular complexity index is 1040. The van der Waals surface area contributed by atoms with Crippen molar-refractivity contribution in [1.29, 1.82) is 0 Å². The minimum atomic E-state index is -0.498. The summed E-state index contributed by atoms with van der Waals surface area (Å²) in [7, 11) is 0. The number of para-hydroxylation sites is 1. The summed E-state index contributed by atoms with van der Waals surface area (Å²) in [6, 6.07) is 13.3. The normalized spacial score (nSPS) is 10.8. The molecule has 0 amide bonds. The Balaban J connectivity index is 1.65. The summed E-state index contributed by atoms with van der Waals surface area (Å²) in [5.41, 5.74) is 0.0136. The average Bonchev–Trinajstić information content (AvgIpc) is 2.60. The maximum Gasteiger partial charge on any atom is 0.338 e. The van der Waals surface area contributed by atoms with E-state index in [4.69, 9.17) is 16.3 Å². The van der Waals surface area contributed by atoms with Crippen LogP contribution >= 0.6 is 11.6 Å². The number of hydrogen-bond donors (Lipinski definition) is 1. The Labute approximate surface area is 147 Å². The lowest BCUT2D eigenvalue weighted by Crippen LogP contribution is -2.35. The molecule has 0 radical (unpaired) electrons. The van der Waals surface area contributed by atoms with E-state index in [1.807, 2.05) is 0 Å². The number of H-pyrrole nitrogens is 1. The molecule has 2 aromatic carbocycles. The Morgan fingerprint density at radius 2 is 1.92 bits per heavy atom. The summed E-state index contributed by atoms with van der Waals surface area (Å²) in [5.74, 6) is -0.498. The van der Waals surface area contributed by atoms with Crippen molar-refractivity contribution >= 4 is 28.5 Å². The Morgan fingerprint density at radius 1 is 1.12 bits per heavy atom. The van der Waals surface area contributed by atoms with Crippen LogP contribution in [-0.4, -0.2) is 22.1 Å². The Hall–Kier alpha value is -2.86. The summed E-state index contributed by atoms with van der Waals surface area (Å²) in [6.07, 6.45) is 0.341. The second-order valence-corrected chi connectivity index (χ2v) is 5.87. The first-order valence-electron chi connectivity index (χ1n) is 7.71. The first-order chi connectivity index (χ1) is 12.1. The van der Waals surface area contributed by atoms with Crippen molar-refractivity contribution in [3.05, 3.63) is 80.0 Å². The number of fused-ring (bicyclic) bond motifs is 1. The standard InChI is InChI=1S/C18H15ClN2O4/c19-13-6-3-5-12(11-13)17(23)25-10-4-9-21-16(22)14-7-1-2-8-15(14)20-18(21)24/h1-3,5-8,11H,4,9-10H2,(H,20,24). The van der Waals surface area contributed by atoms with Crippen molar-refractivity contribution in [3.63, 3.8) is 0 Å². The topological polar surface area (TPSA) is 81.2 Å². The zero-order chi connectivity index (χ0) is 17.8. The number of carbonyl (C=O) groups excluding carboxylic acids is 1. The molecule has 128 valence electrons. The summed E-state index contributed by atoms with van der Waals surface area (Å²) in [5, 5.41) is 0.890. The van der Waals surface area contributed by atoms with Gasteiger partial charge in [-0.2, -0.15) is 0 Å². The lowest BCUT2D eigenvalue weighted by molar-refractivity contribution is 0.0495. The van der Waals surface area contributed by atoms with Crippen LogP contribution in [-0.2, 0) is 11.3 Å². The molecular formula is C18H15ClN2O4. The van der Waals surface area contributed by atoms with Gasteiger partial charge >= 0.3 is 11.7 Å². The quantitative estimate of drug-likeness (QED) is 0.561. The first kappa shape index (κ1) is 17.0. The molecule has 7 heteroatoms. The van der Waals surface area contributed by atoms with Crippen molar-refractivity contribution in [2.24, 2.45) is 0 Å². The number of hydrogen-bond acceptors (Lipinski definition) is 4. The zero-order valence-electron chi connectivity index (χ0n) is 13.2. The summed E-state index contributed by atoms with van der Waals surface area (Å²) in [6.45, 7) is 0.242. The van der Waals surface area contributed by atoms with Gasteiger partial charge in [0, 0.05) is 11.6 Å². The van der Waals surface area contributed by atoms with Crippen LogP contribution in [0.25, 0.3) is 10.9 Å². The minimum absolute atomic E-state index is 0.0874. The van der Waals surface area contributed by atoms with Gasteiger partial charge in [-0.05, 0) is 36.8 Å². The van der Waals surface area contributed by atoms with Gasteiger partial charge in [0.25, 0.3) is 5.56 Å². The SMILES string of the molecule is O=C(OCCCn1c(=O)[nH]c2ccccc2c1=O)c1cccc(Cl)c1. The monoisotopic (exact) mass is 358 g/mol. The number of nitrogens with one attached hydrogen (secondary N) is 1. The van der Waals surface area contributed by atoms with E-state index < -0.39 is 11.7 Å². The van der Waals surface area contributed by atoms with Gasteiger partial charge in [0.05, 0.1) is 23.1 Å². The molecule has 0 aliphatic rings. The van der Waals surface area contributed by atoms with Crippen molar-refractivity contribution in [1.82, 2.24) is 9.55 Å². The second kappa shape index (κ2) is 7.36. The highest BCUT2D eigenvalue weighted by molar-refractivity contribution is 6.30. The molecule has 0 saturated heterocycles. The van der Waals surface area contributed by atoms with Gasteiger partial charge in [0.1, 0.15) is 0 Å². The molecule has 25 heavy (non-hydrogen) atoms. The smallest absolute Gasteiger partial charge is 0.338 e. The predicted octanol–water partition coefficient (Wildman–Crippen LogP) is 2.59. The van der Waals surface area contributed by atoms with E-state index in [0.717, 1.165) is 4.57 Å². The number of rotatable bonds is 5. The van der Waals surface area contributed by atoms with E-state index in [0.29, 0.717) is 27.9 Å². The summed E-state index contributed by atoms with van der Waals surface area (Å²) in [4.78, 5) is 38.9. The Morgan fingerprint density at radius 3 is 2.72 bits per heavy atom. The molecule has 3 aromatic rings. The lowest BCUT2D eigenvalue weighted by atomic mass is 10.2. The fourth-order valence-electron chi connectivity index (χ4n) is 2.49. The third-order valence-electron chi connectivity index (χ3n) is 3.71. The average molecular weight is 359 g/mol. The molecule has 0 unspecified atom stereocenters. The number of carbonyl (C=O) groups is 1. The van der Waals surface area contributed by atoms with Crippen molar-refractivity contribution in [2.75, 3.05) is 6.61 Å². The molecule has 3 rings (SSSR count). The number of ether oxygens (including phenoxy) is 1. The fraction of sp³-hybridized carbons (Fsp3) is 0.167. The molecule has 1 heterocycles. The number of aromatic amines is 1. The number of halogens is 1. The molecular weight excluding hydrogens is 344 g/mol. The van der Waals surface area contributed by atoms with E-state index >= 15 is 0 Å². The number of nitrogens with zero attached hydrogens (tertiary/aromatic N) is 1. The Kier molecular flexibility index (Phi) is 5.00. The van der Waals surface area contributed by atoms with Crippen LogP contribution in [0, 0.1) is 0 Å². The lowest BCUT2D eigenvalue weighted by Gasteiger charge is -2.07. The molecule has 0 saturated carbocycles. The van der Waals surface area contributed by atoms with Crippen LogP contribution in [0.1, 0.15) is 16.8 Å².